The summed E-state index contributed by atoms with van der Waals surface area (Å²) >= 11 is 0. The zero-order valence-corrected chi connectivity index (χ0v) is 11.8. The molecule has 0 aromatic rings. The second-order valence-electron chi connectivity index (χ2n) is 6.24. The van der Waals surface area contributed by atoms with Crippen molar-refractivity contribution in [3.05, 3.63) is 0 Å². The van der Waals surface area contributed by atoms with Crippen LogP contribution in [0, 0.1) is 11.8 Å². The minimum Gasteiger partial charge on any atom is -0.481 e. The molecule has 0 aromatic carbocycles. The van der Waals surface area contributed by atoms with Gasteiger partial charge in [0.25, 0.3) is 0 Å². The number of aliphatic carboxylic acids is 1. The number of hydrogen-bond donors (Lipinski definition) is 1. The fraction of sp³-hybridized carbons (Fsp3) is 0.867. The van der Waals surface area contributed by atoms with Crippen LogP contribution in [-0.2, 0) is 9.59 Å². The van der Waals surface area contributed by atoms with Gasteiger partial charge in [0.2, 0.25) is 5.91 Å². The molecule has 2 rings (SSSR count). The Balaban J connectivity index is 1.96. The molecule has 4 heteroatoms. The summed E-state index contributed by atoms with van der Waals surface area (Å²) < 4.78 is 0. The fourth-order valence-electron chi connectivity index (χ4n) is 3.45. The van der Waals surface area contributed by atoms with Gasteiger partial charge in [0.1, 0.15) is 0 Å². The maximum absolute atomic E-state index is 12.6. The molecule has 1 saturated carbocycles. The lowest BCUT2D eigenvalue weighted by molar-refractivity contribution is -0.144. The number of piperidine rings is 1. The van der Waals surface area contributed by atoms with Gasteiger partial charge in [0.05, 0.1) is 6.42 Å². The van der Waals surface area contributed by atoms with Crippen molar-refractivity contribution >= 4 is 11.9 Å². The Hall–Kier alpha value is -1.06. The predicted octanol–water partition coefficient (Wildman–Crippen LogP) is 2.67. The van der Waals surface area contributed by atoms with E-state index in [0.29, 0.717) is 0 Å². The van der Waals surface area contributed by atoms with Crippen LogP contribution >= 0.6 is 0 Å². The molecule has 0 radical (unpaired) electrons. The minimum atomic E-state index is -0.790. The highest BCUT2D eigenvalue weighted by Gasteiger charge is 2.33. The first-order valence-electron chi connectivity index (χ1n) is 7.60. The highest BCUT2D eigenvalue weighted by atomic mass is 16.4. The number of carbonyl (C=O) groups excluding carboxylic acids is 1. The average Bonchev–Trinajstić information content (AvgIpc) is 2.39. The summed E-state index contributed by atoms with van der Waals surface area (Å²) in [5.74, 6) is 0.311. The maximum Gasteiger partial charge on any atom is 0.305 e. The third-order valence-corrected chi connectivity index (χ3v) is 4.69. The number of rotatable bonds is 3. The molecule has 1 aliphatic carbocycles. The summed E-state index contributed by atoms with van der Waals surface area (Å²) in [5.41, 5.74) is 0. The largest absolute Gasteiger partial charge is 0.481 e. The number of carboxylic acids is 1. The van der Waals surface area contributed by atoms with Gasteiger partial charge in [0, 0.05) is 18.5 Å². The third-order valence-electron chi connectivity index (χ3n) is 4.69. The zero-order valence-electron chi connectivity index (χ0n) is 11.8. The van der Waals surface area contributed by atoms with Crippen LogP contribution in [0.25, 0.3) is 0 Å². The smallest absolute Gasteiger partial charge is 0.305 e. The van der Waals surface area contributed by atoms with Gasteiger partial charge < -0.3 is 10.0 Å². The summed E-state index contributed by atoms with van der Waals surface area (Å²) in [7, 11) is 0. The summed E-state index contributed by atoms with van der Waals surface area (Å²) in [6.45, 7) is 3.00. The quantitative estimate of drug-likeness (QED) is 0.855. The lowest BCUT2D eigenvalue weighted by Gasteiger charge is -2.38. The number of likely N-dealkylation sites (tertiary alicyclic amines) is 1. The van der Waals surface area contributed by atoms with Gasteiger partial charge in [-0.3, -0.25) is 9.59 Å². The van der Waals surface area contributed by atoms with Crippen LogP contribution in [0.2, 0.25) is 0 Å². The molecule has 2 fully saturated rings. The summed E-state index contributed by atoms with van der Waals surface area (Å²) in [5, 5.41) is 8.97. The topological polar surface area (TPSA) is 57.6 Å². The van der Waals surface area contributed by atoms with Crippen LogP contribution in [0.5, 0.6) is 0 Å². The molecule has 0 spiro atoms. The van der Waals surface area contributed by atoms with Crippen LogP contribution in [0.3, 0.4) is 0 Å². The molecule has 19 heavy (non-hydrogen) atoms. The molecule has 0 aromatic heterocycles. The standard InChI is InChI=1S/C15H25NO3/c1-11-5-7-12(8-6-11)15(19)16-9-3-2-4-13(16)10-14(17)18/h11-13H,2-10H2,1H3,(H,17,18). The number of carbonyl (C=O) groups is 2. The first-order valence-corrected chi connectivity index (χ1v) is 7.60. The van der Waals surface area contributed by atoms with Gasteiger partial charge >= 0.3 is 5.97 Å². The van der Waals surface area contributed by atoms with Crippen molar-refractivity contribution in [1.82, 2.24) is 4.90 Å². The van der Waals surface area contributed by atoms with Gasteiger partial charge in [0.15, 0.2) is 0 Å². The molecule has 1 aliphatic heterocycles. The Bertz CT molecular complexity index is 334. The second kappa shape index (κ2) is 6.40. The van der Waals surface area contributed by atoms with Gasteiger partial charge in [-0.2, -0.15) is 0 Å². The first-order chi connectivity index (χ1) is 9.08. The second-order valence-corrected chi connectivity index (χ2v) is 6.24. The van der Waals surface area contributed by atoms with Crippen molar-refractivity contribution in [2.75, 3.05) is 6.54 Å². The Morgan fingerprint density at radius 1 is 1.11 bits per heavy atom. The van der Waals surface area contributed by atoms with Gasteiger partial charge in [-0.1, -0.05) is 6.92 Å². The molecule has 1 unspecified atom stereocenters. The Labute approximate surface area is 115 Å². The molecule has 1 saturated heterocycles. The van der Waals surface area contributed by atoms with Crippen LogP contribution in [0.15, 0.2) is 0 Å². The molecule has 0 bridgehead atoms. The molecule has 2 aliphatic rings. The van der Waals surface area contributed by atoms with E-state index in [0.717, 1.165) is 57.4 Å². The van der Waals surface area contributed by atoms with Crippen molar-refractivity contribution in [3.63, 3.8) is 0 Å². The first kappa shape index (κ1) is 14.4. The maximum atomic E-state index is 12.6. The zero-order chi connectivity index (χ0) is 13.8. The molecule has 1 atom stereocenters. The van der Waals surface area contributed by atoms with E-state index in [9.17, 15) is 9.59 Å². The normalized spacial score (nSPS) is 32.1. The molecule has 1 heterocycles. The fourth-order valence-corrected chi connectivity index (χ4v) is 3.45. The number of nitrogens with zero attached hydrogens (tertiary/aromatic N) is 1. The predicted molar refractivity (Wildman–Crippen MR) is 72.7 cm³/mol. The van der Waals surface area contributed by atoms with E-state index >= 15 is 0 Å². The lowest BCUT2D eigenvalue weighted by atomic mass is 9.81. The van der Waals surface area contributed by atoms with Crippen molar-refractivity contribution in [2.24, 2.45) is 11.8 Å². The molecular weight excluding hydrogens is 242 g/mol. The molecular formula is C15H25NO3. The Morgan fingerprint density at radius 3 is 2.42 bits per heavy atom. The van der Waals surface area contributed by atoms with Crippen molar-refractivity contribution in [2.45, 2.75) is 64.3 Å². The van der Waals surface area contributed by atoms with E-state index in [4.69, 9.17) is 5.11 Å². The Morgan fingerprint density at radius 2 is 1.79 bits per heavy atom. The highest BCUT2D eigenvalue weighted by molar-refractivity contribution is 5.80. The van der Waals surface area contributed by atoms with Crippen LogP contribution < -0.4 is 0 Å². The molecule has 4 nitrogen and oxygen atoms in total. The summed E-state index contributed by atoms with van der Waals surface area (Å²) in [6, 6.07) is -0.0712. The van der Waals surface area contributed by atoms with E-state index in [1.54, 1.807) is 0 Å². The number of hydrogen-bond acceptors (Lipinski definition) is 2. The molecule has 108 valence electrons. The van der Waals surface area contributed by atoms with Gasteiger partial charge in [-0.25, -0.2) is 0 Å². The van der Waals surface area contributed by atoms with Crippen molar-refractivity contribution in [3.8, 4) is 0 Å². The molecule has 1 N–H and O–H groups in total. The van der Waals surface area contributed by atoms with Crippen LogP contribution in [0.1, 0.15) is 58.3 Å². The molecule has 1 amide bonds. The van der Waals surface area contributed by atoms with Crippen molar-refractivity contribution in [1.29, 1.82) is 0 Å². The van der Waals surface area contributed by atoms with E-state index in [1.165, 1.54) is 0 Å². The third kappa shape index (κ3) is 3.71. The SMILES string of the molecule is CC1CCC(C(=O)N2CCCCC2CC(=O)O)CC1. The number of carboxylic acid groups (broad SMARTS) is 1. The summed E-state index contributed by atoms with van der Waals surface area (Å²) in [6.07, 6.45) is 7.25. The van der Waals surface area contributed by atoms with E-state index in [-0.39, 0.29) is 24.3 Å². The van der Waals surface area contributed by atoms with Crippen LogP contribution in [0.4, 0.5) is 0 Å². The van der Waals surface area contributed by atoms with Gasteiger partial charge in [-0.15, -0.1) is 0 Å². The summed E-state index contributed by atoms with van der Waals surface area (Å²) in [4.78, 5) is 25.4. The van der Waals surface area contributed by atoms with Gasteiger partial charge in [-0.05, 0) is 50.9 Å². The lowest BCUT2D eigenvalue weighted by Crippen LogP contribution is -2.47. The minimum absolute atomic E-state index is 0.0712. The van der Waals surface area contributed by atoms with E-state index in [2.05, 4.69) is 6.92 Å². The highest BCUT2D eigenvalue weighted by Crippen LogP contribution is 2.31. The number of amides is 1. The average molecular weight is 267 g/mol. The van der Waals surface area contributed by atoms with E-state index in [1.807, 2.05) is 4.90 Å². The van der Waals surface area contributed by atoms with Crippen LogP contribution in [-0.4, -0.2) is 34.5 Å². The Kier molecular flexibility index (Phi) is 4.83. The van der Waals surface area contributed by atoms with E-state index < -0.39 is 5.97 Å². The monoisotopic (exact) mass is 267 g/mol. The van der Waals surface area contributed by atoms with Crippen molar-refractivity contribution < 1.29 is 14.7 Å².